The summed E-state index contributed by atoms with van der Waals surface area (Å²) >= 11 is 0. The number of carbonyl (C=O) groups excluding carboxylic acids is 1. The van der Waals surface area contributed by atoms with Gasteiger partial charge in [-0.3, -0.25) is 14.9 Å². The highest BCUT2D eigenvalue weighted by Gasteiger charge is 2.32. The normalized spacial score (nSPS) is 15.0. The summed E-state index contributed by atoms with van der Waals surface area (Å²) in [6.07, 6.45) is -0.125. The number of rotatable bonds is 7. The molecule has 0 heterocycles. The number of carbonyl (C=O) groups is 1. The number of nitro benzene ring substituents is 1. The molecule has 0 aliphatic rings. The minimum Gasteiger partial charge on any atom is -0.484 e. The number of aryl methyl sites for hydroxylation is 1. The molecule has 0 fully saturated rings. The lowest BCUT2D eigenvalue weighted by Gasteiger charge is -2.28. The van der Waals surface area contributed by atoms with Gasteiger partial charge in [0.1, 0.15) is 0 Å². The summed E-state index contributed by atoms with van der Waals surface area (Å²) in [5, 5.41) is 13.9. The van der Waals surface area contributed by atoms with E-state index in [-0.39, 0.29) is 11.4 Å². The molecular formula is C14H21N3O4. The molecule has 1 aromatic rings. The van der Waals surface area contributed by atoms with E-state index in [1.807, 2.05) is 6.92 Å². The van der Waals surface area contributed by atoms with Gasteiger partial charge in [-0.05, 0) is 39.4 Å². The van der Waals surface area contributed by atoms with Gasteiger partial charge in [-0.2, -0.15) is 0 Å². The van der Waals surface area contributed by atoms with E-state index in [1.165, 1.54) is 6.07 Å². The molecule has 1 amide bonds. The van der Waals surface area contributed by atoms with Crippen molar-refractivity contribution in [3.05, 3.63) is 33.9 Å². The standard InChI is InChI=1S/C14H21N3O4/c1-9-5-6-11(17(19)20)12(7-9)21-10(2)8-14(3,16-4)13(15)18/h5-7,10,16H,8H2,1-4H3,(H2,15,18). The van der Waals surface area contributed by atoms with E-state index in [4.69, 9.17) is 10.5 Å². The van der Waals surface area contributed by atoms with Crippen molar-refractivity contribution in [2.24, 2.45) is 5.73 Å². The van der Waals surface area contributed by atoms with Crippen LogP contribution in [0.1, 0.15) is 25.8 Å². The van der Waals surface area contributed by atoms with E-state index in [1.54, 1.807) is 33.0 Å². The first kappa shape index (κ1) is 16.9. The predicted octanol–water partition coefficient (Wildman–Crippen LogP) is 1.52. The fourth-order valence-electron chi connectivity index (χ4n) is 2.03. The zero-order valence-corrected chi connectivity index (χ0v) is 12.7. The van der Waals surface area contributed by atoms with Crippen molar-refractivity contribution < 1.29 is 14.5 Å². The van der Waals surface area contributed by atoms with Gasteiger partial charge in [0, 0.05) is 12.5 Å². The molecule has 0 bridgehead atoms. The van der Waals surface area contributed by atoms with Crippen LogP contribution in [-0.2, 0) is 4.79 Å². The third-order valence-electron chi connectivity index (χ3n) is 3.43. The van der Waals surface area contributed by atoms with E-state index < -0.39 is 22.5 Å². The largest absolute Gasteiger partial charge is 0.484 e. The number of ether oxygens (including phenoxy) is 1. The molecule has 0 spiro atoms. The van der Waals surface area contributed by atoms with Gasteiger partial charge in [0.15, 0.2) is 5.75 Å². The number of hydrogen-bond donors (Lipinski definition) is 2. The van der Waals surface area contributed by atoms with Crippen molar-refractivity contribution in [1.29, 1.82) is 0 Å². The molecule has 0 aromatic heterocycles. The van der Waals surface area contributed by atoms with Gasteiger partial charge in [0.05, 0.1) is 16.6 Å². The molecule has 2 unspecified atom stereocenters. The van der Waals surface area contributed by atoms with E-state index in [0.29, 0.717) is 6.42 Å². The maximum Gasteiger partial charge on any atom is 0.310 e. The Bertz CT molecular complexity index is 547. The number of nitrogens with one attached hydrogen (secondary N) is 1. The fraction of sp³-hybridized carbons (Fsp3) is 0.500. The molecule has 21 heavy (non-hydrogen) atoms. The Morgan fingerprint density at radius 1 is 1.57 bits per heavy atom. The van der Waals surface area contributed by atoms with Gasteiger partial charge < -0.3 is 15.8 Å². The van der Waals surface area contributed by atoms with E-state index in [0.717, 1.165) is 5.56 Å². The molecule has 2 atom stereocenters. The lowest BCUT2D eigenvalue weighted by Crippen LogP contribution is -2.53. The fourth-order valence-corrected chi connectivity index (χ4v) is 2.03. The summed E-state index contributed by atoms with van der Waals surface area (Å²) in [4.78, 5) is 22.0. The van der Waals surface area contributed by atoms with Crippen LogP contribution in [0.2, 0.25) is 0 Å². The van der Waals surface area contributed by atoms with E-state index in [9.17, 15) is 14.9 Å². The second-order valence-electron chi connectivity index (χ2n) is 5.31. The summed E-state index contributed by atoms with van der Waals surface area (Å²) in [7, 11) is 1.63. The first-order chi connectivity index (χ1) is 9.69. The van der Waals surface area contributed by atoms with Crippen molar-refractivity contribution in [1.82, 2.24) is 5.32 Å². The average molecular weight is 295 g/mol. The number of nitrogens with zero attached hydrogens (tertiary/aromatic N) is 1. The smallest absolute Gasteiger partial charge is 0.310 e. The number of likely N-dealkylation sites (N-methyl/N-ethyl adjacent to an activating group) is 1. The van der Waals surface area contributed by atoms with Crippen LogP contribution < -0.4 is 15.8 Å². The Balaban J connectivity index is 2.93. The molecule has 0 aliphatic carbocycles. The van der Waals surface area contributed by atoms with Gasteiger partial charge in [0.25, 0.3) is 0 Å². The van der Waals surface area contributed by atoms with Crippen LogP contribution in [0.3, 0.4) is 0 Å². The molecule has 1 aromatic carbocycles. The first-order valence-corrected chi connectivity index (χ1v) is 6.60. The summed E-state index contributed by atoms with van der Waals surface area (Å²) in [6, 6.07) is 4.66. The Kier molecular flexibility index (Phi) is 5.26. The molecule has 0 saturated heterocycles. The van der Waals surface area contributed by atoms with Crippen molar-refractivity contribution in [2.75, 3.05) is 7.05 Å². The summed E-state index contributed by atoms with van der Waals surface area (Å²) in [5.74, 6) is -0.311. The molecule has 0 saturated carbocycles. The Labute approximate surface area is 123 Å². The minimum absolute atomic E-state index is 0.0994. The van der Waals surface area contributed by atoms with Crippen LogP contribution in [0.5, 0.6) is 5.75 Å². The molecule has 1 rings (SSSR count). The van der Waals surface area contributed by atoms with Gasteiger partial charge in [-0.1, -0.05) is 6.07 Å². The minimum atomic E-state index is -0.933. The van der Waals surface area contributed by atoms with Crippen LogP contribution in [0.25, 0.3) is 0 Å². The molecule has 116 valence electrons. The molecule has 7 nitrogen and oxygen atoms in total. The number of amides is 1. The highest BCUT2D eigenvalue weighted by molar-refractivity contribution is 5.84. The number of primary amides is 1. The van der Waals surface area contributed by atoms with Gasteiger partial charge in [0.2, 0.25) is 5.91 Å². The average Bonchev–Trinajstić information content (AvgIpc) is 2.37. The predicted molar refractivity (Wildman–Crippen MR) is 79.2 cm³/mol. The lowest BCUT2D eigenvalue weighted by molar-refractivity contribution is -0.386. The van der Waals surface area contributed by atoms with Gasteiger partial charge in [-0.15, -0.1) is 0 Å². The van der Waals surface area contributed by atoms with Crippen molar-refractivity contribution in [2.45, 2.75) is 38.8 Å². The zero-order valence-electron chi connectivity index (χ0n) is 12.7. The van der Waals surface area contributed by atoms with Crippen LogP contribution >= 0.6 is 0 Å². The molecule has 0 radical (unpaired) electrons. The summed E-state index contributed by atoms with van der Waals surface area (Å²) < 4.78 is 5.65. The molecular weight excluding hydrogens is 274 g/mol. The van der Waals surface area contributed by atoms with Crippen LogP contribution in [-0.4, -0.2) is 29.5 Å². The maximum atomic E-state index is 11.5. The van der Waals surface area contributed by atoms with Crippen LogP contribution in [0, 0.1) is 17.0 Å². The van der Waals surface area contributed by atoms with Crippen molar-refractivity contribution in [3.63, 3.8) is 0 Å². The second-order valence-corrected chi connectivity index (χ2v) is 5.31. The van der Waals surface area contributed by atoms with Crippen LogP contribution in [0.4, 0.5) is 5.69 Å². The molecule has 7 heteroatoms. The summed E-state index contributed by atoms with van der Waals surface area (Å²) in [6.45, 7) is 5.23. The van der Waals surface area contributed by atoms with E-state index in [2.05, 4.69) is 5.32 Å². The second kappa shape index (κ2) is 6.53. The number of hydrogen-bond acceptors (Lipinski definition) is 5. The third-order valence-corrected chi connectivity index (χ3v) is 3.43. The Morgan fingerprint density at radius 2 is 2.19 bits per heavy atom. The molecule has 0 aliphatic heterocycles. The van der Waals surface area contributed by atoms with Gasteiger partial charge >= 0.3 is 5.69 Å². The highest BCUT2D eigenvalue weighted by Crippen LogP contribution is 2.29. The highest BCUT2D eigenvalue weighted by atomic mass is 16.6. The number of nitrogens with two attached hydrogens (primary N) is 1. The molecule has 3 N–H and O–H groups in total. The summed E-state index contributed by atoms with van der Waals surface area (Å²) in [5.41, 5.74) is 5.18. The SMILES string of the molecule is CNC(C)(CC(C)Oc1cc(C)ccc1[N+](=O)[O-])C(N)=O. The monoisotopic (exact) mass is 295 g/mol. The van der Waals surface area contributed by atoms with Crippen molar-refractivity contribution >= 4 is 11.6 Å². The van der Waals surface area contributed by atoms with Gasteiger partial charge in [-0.25, -0.2) is 0 Å². The van der Waals surface area contributed by atoms with Crippen molar-refractivity contribution in [3.8, 4) is 5.75 Å². The van der Waals surface area contributed by atoms with Crippen LogP contribution in [0.15, 0.2) is 18.2 Å². The third kappa shape index (κ3) is 4.16. The van der Waals surface area contributed by atoms with E-state index >= 15 is 0 Å². The number of nitro groups is 1. The first-order valence-electron chi connectivity index (χ1n) is 6.60. The number of benzene rings is 1. The topological polar surface area (TPSA) is 107 Å². The quantitative estimate of drug-likeness (QED) is 0.586. The maximum absolute atomic E-state index is 11.5. The lowest BCUT2D eigenvalue weighted by atomic mass is 9.94. The zero-order chi connectivity index (χ0) is 16.2. The Hall–Kier alpha value is -2.15. The Morgan fingerprint density at radius 3 is 2.67 bits per heavy atom.